The molecule has 0 radical (unpaired) electrons. The Bertz CT molecular complexity index is 465. The molecule has 2 aromatic rings. The number of aromatic nitrogens is 1. The number of halogens is 1. The van der Waals surface area contributed by atoms with Crippen LogP contribution in [0.2, 0.25) is 5.02 Å². The quantitative estimate of drug-likeness (QED) is 0.889. The van der Waals surface area contributed by atoms with Crippen molar-refractivity contribution in [3.8, 4) is 0 Å². The fourth-order valence-electron chi connectivity index (χ4n) is 1.31. The van der Waals surface area contributed by atoms with Gasteiger partial charge in [0.15, 0.2) is 0 Å². The Balaban J connectivity index is 2.23. The van der Waals surface area contributed by atoms with Crippen LogP contribution in [0.5, 0.6) is 0 Å². The lowest BCUT2D eigenvalue weighted by molar-refractivity contribution is 0.588. The Labute approximate surface area is 98.3 Å². The summed E-state index contributed by atoms with van der Waals surface area (Å²) in [6, 6.07) is 6.30. The van der Waals surface area contributed by atoms with Crippen molar-refractivity contribution in [3.05, 3.63) is 28.2 Å². The van der Waals surface area contributed by atoms with Gasteiger partial charge in [-0.1, -0.05) is 25.4 Å². The molecule has 2 rings (SSSR count). The second-order valence-electron chi connectivity index (χ2n) is 3.76. The molecule has 4 heteroatoms. The van der Waals surface area contributed by atoms with Crippen LogP contribution in [0.3, 0.4) is 0 Å². The molecule has 0 aliphatic rings. The summed E-state index contributed by atoms with van der Waals surface area (Å²) in [5.41, 5.74) is 1.03. The van der Waals surface area contributed by atoms with Crippen LogP contribution in [0, 0.1) is 0 Å². The first-order valence-corrected chi connectivity index (χ1v) is 6.13. The summed E-state index contributed by atoms with van der Waals surface area (Å²) in [4.78, 5) is 4.52. The highest BCUT2D eigenvalue weighted by Gasteiger charge is 2.04. The molecule has 15 heavy (non-hydrogen) atoms. The average Bonchev–Trinajstić information content (AvgIpc) is 2.56. The van der Waals surface area contributed by atoms with E-state index in [0.717, 1.165) is 26.8 Å². The van der Waals surface area contributed by atoms with Gasteiger partial charge in [0.25, 0.3) is 0 Å². The van der Waals surface area contributed by atoms with Crippen LogP contribution >= 0.6 is 22.9 Å². The molecule has 0 aliphatic carbocycles. The van der Waals surface area contributed by atoms with E-state index in [2.05, 4.69) is 24.1 Å². The van der Waals surface area contributed by atoms with Crippen LogP contribution in [-0.2, 0) is 6.54 Å². The van der Waals surface area contributed by atoms with E-state index < -0.39 is 0 Å². The zero-order valence-corrected chi connectivity index (χ0v) is 10.3. The summed E-state index contributed by atoms with van der Waals surface area (Å²) >= 11 is 7.61. The van der Waals surface area contributed by atoms with Gasteiger partial charge in [-0.15, -0.1) is 11.3 Å². The van der Waals surface area contributed by atoms with Crippen LogP contribution in [0.4, 0.5) is 0 Å². The molecule has 0 fully saturated rings. The summed E-state index contributed by atoms with van der Waals surface area (Å²) in [7, 11) is 0. The van der Waals surface area contributed by atoms with E-state index in [-0.39, 0.29) is 0 Å². The van der Waals surface area contributed by atoms with Crippen molar-refractivity contribution in [3.63, 3.8) is 0 Å². The smallest absolute Gasteiger partial charge is 0.108 e. The highest BCUT2D eigenvalue weighted by Crippen LogP contribution is 2.25. The van der Waals surface area contributed by atoms with Crippen molar-refractivity contribution < 1.29 is 0 Å². The number of nitrogens with one attached hydrogen (secondary N) is 1. The third-order valence-corrected chi connectivity index (χ3v) is 3.31. The van der Waals surface area contributed by atoms with Gasteiger partial charge in [-0.2, -0.15) is 0 Å². The number of nitrogens with zero attached hydrogens (tertiary/aromatic N) is 1. The SMILES string of the molecule is CC(C)NCc1nc2ccc(Cl)cc2s1. The summed E-state index contributed by atoms with van der Waals surface area (Å²) in [6.45, 7) is 5.09. The highest BCUT2D eigenvalue weighted by atomic mass is 35.5. The number of hydrogen-bond donors (Lipinski definition) is 1. The van der Waals surface area contributed by atoms with Crippen molar-refractivity contribution in [2.45, 2.75) is 26.4 Å². The maximum atomic E-state index is 5.92. The molecule has 1 N–H and O–H groups in total. The molecule has 0 bridgehead atoms. The van der Waals surface area contributed by atoms with E-state index in [1.807, 2.05) is 18.2 Å². The van der Waals surface area contributed by atoms with Crippen LogP contribution < -0.4 is 5.32 Å². The van der Waals surface area contributed by atoms with E-state index in [0.29, 0.717) is 6.04 Å². The fourth-order valence-corrected chi connectivity index (χ4v) is 2.51. The van der Waals surface area contributed by atoms with E-state index in [1.165, 1.54) is 0 Å². The number of hydrogen-bond acceptors (Lipinski definition) is 3. The van der Waals surface area contributed by atoms with Crippen molar-refractivity contribution in [2.75, 3.05) is 0 Å². The standard InChI is InChI=1S/C11H13ClN2S/c1-7(2)13-6-11-14-9-4-3-8(12)5-10(9)15-11/h3-5,7,13H,6H2,1-2H3. The monoisotopic (exact) mass is 240 g/mol. The van der Waals surface area contributed by atoms with Crippen molar-refractivity contribution in [1.29, 1.82) is 0 Å². The van der Waals surface area contributed by atoms with Crippen molar-refractivity contribution in [1.82, 2.24) is 10.3 Å². The summed E-state index contributed by atoms with van der Waals surface area (Å²) in [5.74, 6) is 0. The minimum Gasteiger partial charge on any atom is -0.308 e. The Hall–Kier alpha value is -0.640. The first-order chi connectivity index (χ1) is 7.15. The molecule has 0 amide bonds. The van der Waals surface area contributed by atoms with Gasteiger partial charge >= 0.3 is 0 Å². The van der Waals surface area contributed by atoms with E-state index in [1.54, 1.807) is 11.3 Å². The van der Waals surface area contributed by atoms with Crippen LogP contribution in [0.15, 0.2) is 18.2 Å². The molecule has 0 atom stereocenters. The number of thiazole rings is 1. The molecule has 1 heterocycles. The largest absolute Gasteiger partial charge is 0.308 e. The first-order valence-electron chi connectivity index (χ1n) is 4.93. The summed E-state index contributed by atoms with van der Waals surface area (Å²) < 4.78 is 1.16. The van der Waals surface area contributed by atoms with Gasteiger partial charge < -0.3 is 5.32 Å². The van der Waals surface area contributed by atoms with Gasteiger partial charge in [-0.25, -0.2) is 4.98 Å². The Morgan fingerprint density at radius 3 is 3.00 bits per heavy atom. The summed E-state index contributed by atoms with van der Waals surface area (Å²) in [5, 5.41) is 5.24. The zero-order chi connectivity index (χ0) is 10.8. The van der Waals surface area contributed by atoms with Gasteiger partial charge in [0.1, 0.15) is 5.01 Å². The Kier molecular flexibility index (Phi) is 3.24. The fraction of sp³-hybridized carbons (Fsp3) is 0.364. The third kappa shape index (κ3) is 2.68. The third-order valence-electron chi connectivity index (χ3n) is 2.06. The molecule has 0 unspecified atom stereocenters. The highest BCUT2D eigenvalue weighted by molar-refractivity contribution is 7.18. The topological polar surface area (TPSA) is 24.9 Å². The van der Waals surface area contributed by atoms with E-state index >= 15 is 0 Å². The second-order valence-corrected chi connectivity index (χ2v) is 5.31. The molecule has 80 valence electrons. The van der Waals surface area contributed by atoms with Gasteiger partial charge in [0.05, 0.1) is 10.2 Å². The van der Waals surface area contributed by atoms with E-state index in [4.69, 9.17) is 11.6 Å². The van der Waals surface area contributed by atoms with Crippen molar-refractivity contribution in [2.24, 2.45) is 0 Å². The molecular formula is C11H13ClN2S. The predicted molar refractivity (Wildman–Crippen MR) is 66.6 cm³/mol. The van der Waals surface area contributed by atoms with Crippen molar-refractivity contribution >= 4 is 33.2 Å². The maximum Gasteiger partial charge on any atom is 0.108 e. The van der Waals surface area contributed by atoms with Gasteiger partial charge in [0, 0.05) is 17.6 Å². The zero-order valence-electron chi connectivity index (χ0n) is 8.75. The number of fused-ring (bicyclic) bond motifs is 1. The Morgan fingerprint density at radius 2 is 2.27 bits per heavy atom. The molecule has 1 aromatic heterocycles. The number of rotatable bonds is 3. The lowest BCUT2D eigenvalue weighted by Gasteiger charge is -2.04. The molecule has 0 aliphatic heterocycles. The minimum atomic E-state index is 0.487. The van der Waals surface area contributed by atoms with Crippen LogP contribution in [0.1, 0.15) is 18.9 Å². The van der Waals surface area contributed by atoms with Gasteiger partial charge in [-0.3, -0.25) is 0 Å². The molecule has 2 nitrogen and oxygen atoms in total. The molecular weight excluding hydrogens is 228 g/mol. The first kappa shape index (κ1) is 10.9. The normalized spacial score (nSPS) is 11.5. The molecule has 0 saturated heterocycles. The van der Waals surface area contributed by atoms with Gasteiger partial charge in [0.2, 0.25) is 0 Å². The molecule has 0 spiro atoms. The van der Waals surface area contributed by atoms with Gasteiger partial charge in [-0.05, 0) is 18.2 Å². The average molecular weight is 241 g/mol. The number of benzene rings is 1. The summed E-state index contributed by atoms with van der Waals surface area (Å²) in [6.07, 6.45) is 0. The predicted octanol–water partition coefficient (Wildman–Crippen LogP) is 3.45. The Morgan fingerprint density at radius 1 is 1.47 bits per heavy atom. The maximum absolute atomic E-state index is 5.92. The van der Waals surface area contributed by atoms with E-state index in [9.17, 15) is 0 Å². The van der Waals surface area contributed by atoms with Crippen LogP contribution in [-0.4, -0.2) is 11.0 Å². The molecule has 1 aromatic carbocycles. The van der Waals surface area contributed by atoms with Crippen LogP contribution in [0.25, 0.3) is 10.2 Å². The second kappa shape index (κ2) is 4.47. The lowest BCUT2D eigenvalue weighted by Crippen LogP contribution is -2.21. The lowest BCUT2D eigenvalue weighted by atomic mass is 10.3. The minimum absolute atomic E-state index is 0.487. The molecule has 0 saturated carbocycles.